The molecule has 0 aliphatic heterocycles. The Hall–Kier alpha value is 0.880. The average molecular weight is 545 g/mol. The van der Waals surface area contributed by atoms with E-state index in [1.165, 1.54) is 7.05 Å². The van der Waals surface area contributed by atoms with E-state index in [1.807, 2.05) is 6.92 Å². The SMILES string of the molecule is CCNCC(F)(CS)NCC(F)(CS)NCCCNCC(F)(CS)NCC(F)(CS)NC. The molecular formula is C18H40F4N6S4. The van der Waals surface area contributed by atoms with Crippen LogP contribution in [0.1, 0.15) is 13.3 Å². The summed E-state index contributed by atoms with van der Waals surface area (Å²) in [5, 5.41) is 16.1. The fourth-order valence-corrected chi connectivity index (χ4v) is 3.42. The van der Waals surface area contributed by atoms with E-state index >= 15 is 0 Å². The van der Waals surface area contributed by atoms with Crippen LogP contribution in [0.2, 0.25) is 0 Å². The van der Waals surface area contributed by atoms with Crippen molar-refractivity contribution in [3.63, 3.8) is 0 Å². The van der Waals surface area contributed by atoms with Crippen molar-refractivity contribution in [2.24, 2.45) is 0 Å². The van der Waals surface area contributed by atoms with E-state index in [-0.39, 0.29) is 55.7 Å². The van der Waals surface area contributed by atoms with Gasteiger partial charge in [-0.1, -0.05) is 6.92 Å². The summed E-state index contributed by atoms with van der Waals surface area (Å²) in [6.07, 6.45) is 0.479. The number of hydrogen-bond donors (Lipinski definition) is 10. The van der Waals surface area contributed by atoms with Gasteiger partial charge in [0.1, 0.15) is 0 Å². The maximum absolute atomic E-state index is 14.9. The Labute approximate surface area is 212 Å². The number of alkyl halides is 4. The Kier molecular flexibility index (Phi) is 17.0. The molecule has 194 valence electrons. The van der Waals surface area contributed by atoms with Crippen molar-refractivity contribution in [1.29, 1.82) is 0 Å². The van der Waals surface area contributed by atoms with E-state index in [2.05, 4.69) is 82.4 Å². The third kappa shape index (κ3) is 13.1. The molecule has 0 radical (unpaired) electrons. The first-order valence-electron chi connectivity index (χ1n) is 10.5. The number of thiol groups is 4. The summed E-state index contributed by atoms with van der Waals surface area (Å²) in [6, 6.07) is 0. The quantitative estimate of drug-likeness (QED) is 0.0460. The van der Waals surface area contributed by atoms with Crippen LogP contribution in [0.25, 0.3) is 0 Å². The van der Waals surface area contributed by atoms with Crippen molar-refractivity contribution in [3.05, 3.63) is 0 Å². The lowest BCUT2D eigenvalue weighted by Gasteiger charge is -2.32. The van der Waals surface area contributed by atoms with Gasteiger partial charge < -0.3 is 10.6 Å². The minimum Gasteiger partial charge on any atom is -0.313 e. The summed E-state index contributed by atoms with van der Waals surface area (Å²) < 4.78 is 58.6. The van der Waals surface area contributed by atoms with Crippen molar-refractivity contribution < 1.29 is 17.6 Å². The molecule has 14 heteroatoms. The zero-order valence-corrected chi connectivity index (χ0v) is 22.4. The van der Waals surface area contributed by atoms with E-state index in [9.17, 15) is 17.6 Å². The van der Waals surface area contributed by atoms with E-state index in [0.717, 1.165) is 0 Å². The van der Waals surface area contributed by atoms with E-state index in [4.69, 9.17) is 0 Å². The van der Waals surface area contributed by atoms with Crippen molar-refractivity contribution in [2.45, 2.75) is 36.5 Å². The molecule has 6 nitrogen and oxygen atoms in total. The summed E-state index contributed by atoms with van der Waals surface area (Å²) in [6.45, 7) is 2.42. The van der Waals surface area contributed by atoms with Gasteiger partial charge >= 0.3 is 0 Å². The van der Waals surface area contributed by atoms with Crippen LogP contribution in [-0.4, -0.2) is 99.0 Å². The van der Waals surface area contributed by atoms with Crippen LogP contribution in [0.15, 0.2) is 0 Å². The molecule has 6 N–H and O–H groups in total. The van der Waals surface area contributed by atoms with Crippen molar-refractivity contribution >= 4 is 50.5 Å². The predicted octanol–water partition coefficient (Wildman–Crippen LogP) is 0.946. The van der Waals surface area contributed by atoms with Gasteiger partial charge in [0.05, 0.1) is 0 Å². The molecule has 0 rings (SSSR count). The summed E-state index contributed by atoms with van der Waals surface area (Å²) >= 11 is 16.0. The predicted molar refractivity (Wildman–Crippen MR) is 140 cm³/mol. The van der Waals surface area contributed by atoms with Gasteiger partial charge in [0.15, 0.2) is 23.2 Å². The van der Waals surface area contributed by atoms with Gasteiger partial charge in [-0.05, 0) is 33.1 Å². The average Bonchev–Trinajstić information content (AvgIpc) is 2.82. The van der Waals surface area contributed by atoms with Crippen LogP contribution in [0.5, 0.6) is 0 Å². The van der Waals surface area contributed by atoms with Gasteiger partial charge in [-0.3, -0.25) is 21.3 Å². The monoisotopic (exact) mass is 544 g/mol. The van der Waals surface area contributed by atoms with Gasteiger partial charge in [-0.2, -0.15) is 50.5 Å². The number of halogens is 4. The fraction of sp³-hybridized carbons (Fsp3) is 1.00. The molecule has 0 aromatic heterocycles. The lowest BCUT2D eigenvalue weighted by molar-refractivity contribution is 0.0797. The van der Waals surface area contributed by atoms with Gasteiger partial charge in [0.2, 0.25) is 0 Å². The molecule has 0 bridgehead atoms. The first kappa shape index (κ1) is 32.9. The van der Waals surface area contributed by atoms with Gasteiger partial charge in [0.25, 0.3) is 0 Å². The maximum atomic E-state index is 14.9. The lowest BCUT2D eigenvalue weighted by Crippen LogP contribution is -2.59. The number of likely N-dealkylation sites (N-methyl/N-ethyl adjacent to an activating group) is 2. The Morgan fingerprint density at radius 3 is 1.47 bits per heavy atom. The highest BCUT2D eigenvalue weighted by molar-refractivity contribution is 7.80. The third-order valence-electron chi connectivity index (χ3n) is 4.85. The van der Waals surface area contributed by atoms with Crippen molar-refractivity contribution in [3.8, 4) is 0 Å². The molecular weight excluding hydrogens is 505 g/mol. The molecule has 0 amide bonds. The molecule has 0 aromatic carbocycles. The third-order valence-corrected chi connectivity index (χ3v) is 6.86. The van der Waals surface area contributed by atoms with Crippen LogP contribution in [0, 0.1) is 0 Å². The molecule has 0 saturated heterocycles. The number of rotatable bonds is 21. The zero-order valence-electron chi connectivity index (χ0n) is 18.8. The number of nitrogens with one attached hydrogen (secondary N) is 6. The minimum atomic E-state index is -1.92. The zero-order chi connectivity index (χ0) is 24.7. The highest BCUT2D eigenvalue weighted by atomic mass is 32.1. The Balaban J connectivity index is 4.36. The highest BCUT2D eigenvalue weighted by Crippen LogP contribution is 2.15. The highest BCUT2D eigenvalue weighted by Gasteiger charge is 2.35. The van der Waals surface area contributed by atoms with E-state index in [1.54, 1.807) is 0 Å². The molecule has 4 unspecified atom stereocenters. The lowest BCUT2D eigenvalue weighted by atomic mass is 10.2. The molecule has 0 heterocycles. The van der Waals surface area contributed by atoms with Crippen LogP contribution in [-0.2, 0) is 0 Å². The van der Waals surface area contributed by atoms with Crippen LogP contribution in [0.3, 0.4) is 0 Å². The second-order valence-electron chi connectivity index (χ2n) is 7.69. The molecule has 0 saturated carbocycles. The topological polar surface area (TPSA) is 72.2 Å². The van der Waals surface area contributed by atoms with Crippen molar-refractivity contribution in [2.75, 3.05) is 75.9 Å². The van der Waals surface area contributed by atoms with Crippen LogP contribution < -0.4 is 31.9 Å². The second-order valence-corrected chi connectivity index (χ2v) is 8.95. The van der Waals surface area contributed by atoms with Gasteiger partial charge in [-0.25, -0.2) is 17.6 Å². The smallest absolute Gasteiger partial charge is 0.183 e. The Morgan fingerprint density at radius 1 is 0.594 bits per heavy atom. The van der Waals surface area contributed by atoms with E-state index in [0.29, 0.717) is 19.5 Å². The molecule has 0 aliphatic carbocycles. The summed E-state index contributed by atoms with van der Waals surface area (Å²) in [5.74, 6) is -8.06. The fourth-order valence-electron chi connectivity index (χ4n) is 2.48. The molecule has 0 spiro atoms. The Bertz CT molecular complexity index is 500. The maximum Gasteiger partial charge on any atom is 0.183 e. The van der Waals surface area contributed by atoms with E-state index < -0.39 is 23.2 Å². The van der Waals surface area contributed by atoms with Gasteiger partial charge in [-0.15, -0.1) is 0 Å². The van der Waals surface area contributed by atoms with Crippen LogP contribution in [0.4, 0.5) is 17.6 Å². The van der Waals surface area contributed by atoms with Crippen LogP contribution >= 0.6 is 50.5 Å². The summed E-state index contributed by atoms with van der Waals surface area (Å²) in [7, 11) is 1.43. The normalized spacial score (nSPS) is 19.7. The largest absolute Gasteiger partial charge is 0.313 e. The molecule has 0 aliphatic rings. The molecule has 0 fully saturated rings. The molecule has 32 heavy (non-hydrogen) atoms. The second kappa shape index (κ2) is 16.5. The standard InChI is InChI=1S/C18H40F4N6S4/c1-3-24-7-16(20,12-30)28-10-18(22,14-32)26-6-4-5-25-8-17(21,13-31)27-9-15(19,11-29)23-2/h23-32H,3-14H2,1-2H3. The number of hydrogen-bond acceptors (Lipinski definition) is 10. The summed E-state index contributed by atoms with van der Waals surface area (Å²) in [5.41, 5.74) is 0. The Morgan fingerprint density at radius 2 is 1.03 bits per heavy atom. The first-order chi connectivity index (χ1) is 15.0. The van der Waals surface area contributed by atoms with Crippen molar-refractivity contribution in [1.82, 2.24) is 31.9 Å². The molecule has 0 aromatic rings. The van der Waals surface area contributed by atoms with Gasteiger partial charge in [0, 0.05) is 49.2 Å². The summed E-state index contributed by atoms with van der Waals surface area (Å²) in [4.78, 5) is 0. The first-order valence-corrected chi connectivity index (χ1v) is 13.1. The molecule has 4 atom stereocenters. The minimum absolute atomic E-state index is 0.00949.